The lowest BCUT2D eigenvalue weighted by Crippen LogP contribution is -2.15. The molecule has 0 fully saturated rings. The number of rotatable bonds is 6. The van der Waals surface area contributed by atoms with E-state index >= 15 is 0 Å². The SMILES string of the molecule is COc1cccc(-n2nnnc2SCC(=O)Nc2c(Cl)cccc2Cl)c1. The molecule has 0 atom stereocenters. The molecule has 10 heteroatoms. The van der Waals surface area contributed by atoms with Crippen molar-refractivity contribution in [2.75, 3.05) is 18.2 Å². The Bertz CT molecular complexity index is 914. The van der Waals surface area contributed by atoms with Gasteiger partial charge in [0.1, 0.15) is 5.75 Å². The van der Waals surface area contributed by atoms with Crippen molar-refractivity contribution in [1.82, 2.24) is 20.2 Å². The molecule has 2 aromatic carbocycles. The molecule has 0 aliphatic carbocycles. The van der Waals surface area contributed by atoms with Gasteiger partial charge in [-0.1, -0.05) is 47.1 Å². The van der Waals surface area contributed by atoms with Crippen LogP contribution in [0.15, 0.2) is 47.6 Å². The highest BCUT2D eigenvalue weighted by Gasteiger charge is 2.14. The summed E-state index contributed by atoms with van der Waals surface area (Å²) in [6.45, 7) is 0. The van der Waals surface area contributed by atoms with Gasteiger partial charge in [-0.15, -0.1) is 5.10 Å². The molecule has 1 N–H and O–H groups in total. The van der Waals surface area contributed by atoms with Crippen LogP contribution in [0.3, 0.4) is 0 Å². The molecule has 1 aromatic heterocycles. The molecule has 7 nitrogen and oxygen atoms in total. The zero-order valence-corrected chi connectivity index (χ0v) is 15.8. The van der Waals surface area contributed by atoms with Gasteiger partial charge in [-0.05, 0) is 34.7 Å². The van der Waals surface area contributed by atoms with Crippen molar-refractivity contribution >= 4 is 46.6 Å². The van der Waals surface area contributed by atoms with E-state index in [2.05, 4.69) is 20.8 Å². The number of aromatic nitrogens is 4. The van der Waals surface area contributed by atoms with Crippen molar-refractivity contribution in [2.45, 2.75) is 5.16 Å². The van der Waals surface area contributed by atoms with Gasteiger partial charge in [-0.25, -0.2) is 0 Å². The van der Waals surface area contributed by atoms with Gasteiger partial charge in [0.15, 0.2) is 0 Å². The van der Waals surface area contributed by atoms with E-state index in [9.17, 15) is 4.79 Å². The predicted molar refractivity (Wildman–Crippen MR) is 102 cm³/mol. The monoisotopic (exact) mass is 409 g/mol. The van der Waals surface area contributed by atoms with Crippen molar-refractivity contribution in [3.63, 3.8) is 0 Å². The van der Waals surface area contributed by atoms with Crippen LogP contribution >= 0.6 is 35.0 Å². The van der Waals surface area contributed by atoms with Gasteiger partial charge in [0, 0.05) is 6.07 Å². The van der Waals surface area contributed by atoms with Crippen LogP contribution in [-0.2, 0) is 4.79 Å². The molecule has 0 unspecified atom stereocenters. The number of hydrogen-bond donors (Lipinski definition) is 1. The molecule has 3 aromatic rings. The third kappa shape index (κ3) is 4.27. The van der Waals surface area contributed by atoms with Crippen LogP contribution in [0.5, 0.6) is 5.75 Å². The van der Waals surface area contributed by atoms with E-state index in [4.69, 9.17) is 27.9 Å². The molecule has 0 aliphatic heterocycles. The molecule has 0 saturated carbocycles. The van der Waals surface area contributed by atoms with Crippen LogP contribution < -0.4 is 10.1 Å². The first-order chi connectivity index (χ1) is 12.6. The van der Waals surface area contributed by atoms with Crippen LogP contribution in [0.4, 0.5) is 5.69 Å². The van der Waals surface area contributed by atoms with E-state index < -0.39 is 0 Å². The molecule has 0 radical (unpaired) electrons. The summed E-state index contributed by atoms with van der Waals surface area (Å²) in [4.78, 5) is 12.2. The molecule has 1 amide bonds. The number of thioether (sulfide) groups is 1. The summed E-state index contributed by atoms with van der Waals surface area (Å²) in [5.74, 6) is 0.497. The van der Waals surface area contributed by atoms with Gasteiger partial charge in [0.05, 0.1) is 34.3 Å². The highest BCUT2D eigenvalue weighted by atomic mass is 35.5. The second-order valence-electron chi connectivity index (χ2n) is 5.01. The fourth-order valence-corrected chi connectivity index (χ4v) is 3.28. The Labute approximate surface area is 163 Å². The third-order valence-electron chi connectivity index (χ3n) is 3.30. The van der Waals surface area contributed by atoms with Gasteiger partial charge in [-0.2, -0.15) is 4.68 Å². The maximum absolute atomic E-state index is 12.2. The maximum Gasteiger partial charge on any atom is 0.234 e. The van der Waals surface area contributed by atoms with Gasteiger partial charge in [0.2, 0.25) is 11.1 Å². The number of nitrogens with zero attached hydrogens (tertiary/aromatic N) is 4. The predicted octanol–water partition coefficient (Wildman–Crippen LogP) is 3.71. The second kappa shape index (κ2) is 8.39. The Balaban J connectivity index is 1.69. The number of hydrogen-bond acceptors (Lipinski definition) is 6. The zero-order chi connectivity index (χ0) is 18.5. The number of carbonyl (C=O) groups is 1. The lowest BCUT2D eigenvalue weighted by Gasteiger charge is -2.09. The number of ether oxygens (including phenoxy) is 1. The van der Waals surface area contributed by atoms with E-state index in [0.717, 1.165) is 5.69 Å². The normalized spacial score (nSPS) is 10.6. The molecule has 3 rings (SSSR count). The topological polar surface area (TPSA) is 81.9 Å². The lowest BCUT2D eigenvalue weighted by molar-refractivity contribution is -0.113. The maximum atomic E-state index is 12.2. The van der Waals surface area contributed by atoms with Crippen molar-refractivity contribution < 1.29 is 9.53 Å². The second-order valence-corrected chi connectivity index (χ2v) is 6.77. The fourth-order valence-electron chi connectivity index (χ4n) is 2.10. The Morgan fingerprint density at radius 2 is 1.96 bits per heavy atom. The average Bonchev–Trinajstić information content (AvgIpc) is 3.12. The largest absolute Gasteiger partial charge is 0.497 e. The number of benzene rings is 2. The third-order valence-corrected chi connectivity index (χ3v) is 4.85. The van der Waals surface area contributed by atoms with Crippen molar-refractivity contribution in [2.24, 2.45) is 0 Å². The summed E-state index contributed by atoms with van der Waals surface area (Å²) in [7, 11) is 1.58. The van der Waals surface area contributed by atoms with Crippen LogP contribution in [0.1, 0.15) is 0 Å². The van der Waals surface area contributed by atoms with E-state index in [1.807, 2.05) is 18.2 Å². The number of methoxy groups -OCH3 is 1. The summed E-state index contributed by atoms with van der Waals surface area (Å²) < 4.78 is 6.73. The summed E-state index contributed by atoms with van der Waals surface area (Å²) in [6, 6.07) is 12.3. The molecular formula is C16H13Cl2N5O2S. The highest BCUT2D eigenvalue weighted by Crippen LogP contribution is 2.30. The number of carbonyl (C=O) groups excluding carboxylic acids is 1. The Hall–Kier alpha value is -2.29. The van der Waals surface area contributed by atoms with Crippen molar-refractivity contribution in [1.29, 1.82) is 0 Å². The Morgan fingerprint density at radius 1 is 1.23 bits per heavy atom. The Morgan fingerprint density at radius 3 is 2.69 bits per heavy atom. The fraction of sp³-hybridized carbons (Fsp3) is 0.125. The molecule has 0 saturated heterocycles. The molecule has 0 aliphatic rings. The smallest absolute Gasteiger partial charge is 0.234 e. The number of para-hydroxylation sites is 1. The van der Waals surface area contributed by atoms with E-state index in [1.165, 1.54) is 16.4 Å². The summed E-state index contributed by atoms with van der Waals surface area (Å²) in [5, 5.41) is 15.5. The van der Waals surface area contributed by atoms with Crippen LogP contribution in [0.2, 0.25) is 10.0 Å². The van der Waals surface area contributed by atoms with E-state index in [0.29, 0.717) is 26.6 Å². The standard InChI is InChI=1S/C16H13Cl2N5O2S/c1-25-11-5-2-4-10(8-11)23-16(20-21-22-23)26-9-14(24)19-15-12(17)6-3-7-13(15)18/h2-8H,9H2,1H3,(H,19,24). The summed E-state index contributed by atoms with van der Waals surface area (Å²) >= 11 is 13.3. The Kier molecular flexibility index (Phi) is 5.97. The minimum atomic E-state index is -0.273. The highest BCUT2D eigenvalue weighted by molar-refractivity contribution is 7.99. The first kappa shape index (κ1) is 18.5. The first-order valence-corrected chi connectivity index (χ1v) is 9.12. The number of tetrazole rings is 1. The molecule has 0 bridgehead atoms. The minimum Gasteiger partial charge on any atom is -0.497 e. The molecule has 26 heavy (non-hydrogen) atoms. The number of halogens is 2. The molecule has 0 spiro atoms. The van der Waals surface area contributed by atoms with Crippen molar-refractivity contribution in [3.8, 4) is 11.4 Å². The molecule has 134 valence electrons. The number of amides is 1. The van der Waals surface area contributed by atoms with Gasteiger partial charge < -0.3 is 10.1 Å². The minimum absolute atomic E-state index is 0.0892. The number of anilines is 1. The van der Waals surface area contributed by atoms with Crippen molar-refractivity contribution in [3.05, 3.63) is 52.5 Å². The van der Waals surface area contributed by atoms with E-state index in [-0.39, 0.29) is 11.7 Å². The van der Waals surface area contributed by atoms with Gasteiger partial charge in [0.25, 0.3) is 0 Å². The van der Waals surface area contributed by atoms with Crippen LogP contribution in [-0.4, -0.2) is 39.0 Å². The van der Waals surface area contributed by atoms with Gasteiger partial charge in [-0.3, -0.25) is 4.79 Å². The summed E-state index contributed by atoms with van der Waals surface area (Å²) in [5.41, 5.74) is 1.11. The van der Waals surface area contributed by atoms with Crippen LogP contribution in [0.25, 0.3) is 5.69 Å². The van der Waals surface area contributed by atoms with Gasteiger partial charge >= 0.3 is 0 Å². The van der Waals surface area contributed by atoms with Crippen LogP contribution in [0, 0.1) is 0 Å². The number of nitrogens with one attached hydrogen (secondary N) is 1. The first-order valence-electron chi connectivity index (χ1n) is 7.38. The molecule has 1 heterocycles. The van der Waals surface area contributed by atoms with E-state index in [1.54, 1.807) is 31.4 Å². The molecular weight excluding hydrogens is 397 g/mol. The lowest BCUT2D eigenvalue weighted by atomic mass is 10.3. The quantitative estimate of drug-likeness (QED) is 0.624. The average molecular weight is 410 g/mol. The summed E-state index contributed by atoms with van der Waals surface area (Å²) in [6.07, 6.45) is 0. The zero-order valence-electron chi connectivity index (χ0n) is 13.5.